The van der Waals surface area contributed by atoms with E-state index in [1.807, 2.05) is 97.2 Å². The van der Waals surface area contributed by atoms with E-state index in [0.717, 1.165) is 0 Å². The van der Waals surface area contributed by atoms with Gasteiger partial charge in [-0.25, -0.2) is 0 Å². The molecule has 1 aliphatic rings. The lowest BCUT2D eigenvalue weighted by atomic mass is 10.3. The van der Waals surface area contributed by atoms with Crippen LogP contribution in [-0.4, -0.2) is 5.78 Å². The van der Waals surface area contributed by atoms with Crippen molar-refractivity contribution in [3.05, 3.63) is 122 Å². The van der Waals surface area contributed by atoms with Crippen LogP contribution in [0.25, 0.3) is 0 Å². The number of hydrogen-bond acceptors (Lipinski definition) is 1. The summed E-state index contributed by atoms with van der Waals surface area (Å²) in [6.45, 7) is 0. The van der Waals surface area contributed by atoms with E-state index in [9.17, 15) is 4.79 Å². The van der Waals surface area contributed by atoms with Crippen LogP contribution in [0.1, 0.15) is 0 Å². The third kappa shape index (κ3) is 10.9. The molecule has 0 radical (unpaired) electrons. The van der Waals surface area contributed by atoms with Gasteiger partial charge < -0.3 is 0 Å². The summed E-state index contributed by atoms with van der Waals surface area (Å²) in [6, 6.07) is 0. The molecule has 0 atom stereocenters. The molecule has 0 heterocycles. The molecule has 0 fully saturated rings. The molecule has 0 aromatic heterocycles. The van der Waals surface area contributed by atoms with E-state index in [1.54, 1.807) is 12.2 Å². The van der Waals surface area contributed by atoms with Crippen molar-refractivity contribution in [3.8, 4) is 0 Å². The van der Waals surface area contributed by atoms with Crippen molar-refractivity contribution < 1.29 is 4.79 Å². The number of hydrogen-bond donors (Lipinski definition) is 0. The third-order valence-electron chi connectivity index (χ3n) is 2.41. The Bertz CT molecular complexity index is 558. The Hall–Kier alpha value is -2.93. The van der Waals surface area contributed by atoms with Crippen LogP contribution in [0.5, 0.6) is 0 Å². The van der Waals surface area contributed by atoms with E-state index in [0.29, 0.717) is 0 Å². The van der Waals surface area contributed by atoms with Crippen LogP contribution >= 0.6 is 0 Å². The van der Waals surface area contributed by atoms with Gasteiger partial charge in [-0.15, -0.1) is 0 Å². The van der Waals surface area contributed by atoms with E-state index in [-0.39, 0.29) is 5.78 Å². The first-order chi connectivity index (χ1) is 10.9. The maximum absolute atomic E-state index is 11.5. The molecule has 0 saturated heterocycles. The van der Waals surface area contributed by atoms with Crippen molar-refractivity contribution in [2.45, 2.75) is 0 Å². The summed E-state index contributed by atoms with van der Waals surface area (Å²) in [5, 5.41) is 0. The molecule has 0 spiro atoms. The SMILES string of the molecule is O=C1\C=C/C=C\C=C/C=C\C=C/C=C\C=C\C=C/C=C\C=C/1. The predicted octanol–water partition coefficient (Wildman–Crippen LogP) is 5.13. The highest BCUT2D eigenvalue weighted by Crippen LogP contribution is 1.89. The third-order valence-corrected chi connectivity index (χ3v) is 2.41. The predicted molar refractivity (Wildman–Crippen MR) is 96.4 cm³/mol. The second-order valence-electron chi connectivity index (χ2n) is 4.20. The van der Waals surface area contributed by atoms with Gasteiger partial charge in [0.05, 0.1) is 0 Å². The molecule has 0 bridgehead atoms. The lowest BCUT2D eigenvalue weighted by Crippen LogP contribution is -1.82. The van der Waals surface area contributed by atoms with Crippen LogP contribution in [0, 0.1) is 0 Å². The van der Waals surface area contributed by atoms with E-state index >= 15 is 0 Å². The molecule has 0 N–H and O–H groups in total. The molecule has 1 rings (SSSR count). The van der Waals surface area contributed by atoms with Gasteiger partial charge in [-0.3, -0.25) is 4.79 Å². The fourth-order valence-electron chi connectivity index (χ4n) is 1.38. The van der Waals surface area contributed by atoms with E-state index in [1.165, 1.54) is 12.2 Å². The topological polar surface area (TPSA) is 17.1 Å². The number of rotatable bonds is 0. The van der Waals surface area contributed by atoms with E-state index in [4.69, 9.17) is 0 Å². The Morgan fingerprint density at radius 2 is 0.500 bits per heavy atom. The summed E-state index contributed by atoms with van der Waals surface area (Å²) in [6.07, 6.45) is 37.2. The Morgan fingerprint density at radius 1 is 0.318 bits per heavy atom. The van der Waals surface area contributed by atoms with Gasteiger partial charge in [-0.2, -0.15) is 0 Å². The van der Waals surface area contributed by atoms with Gasteiger partial charge in [0, 0.05) is 0 Å². The summed E-state index contributed by atoms with van der Waals surface area (Å²) in [7, 11) is 0. The van der Waals surface area contributed by atoms with Crippen molar-refractivity contribution in [3.63, 3.8) is 0 Å². The zero-order valence-corrected chi connectivity index (χ0v) is 12.5. The maximum atomic E-state index is 11.5. The molecule has 1 aliphatic carbocycles. The van der Waals surface area contributed by atoms with Crippen LogP contribution in [0.2, 0.25) is 0 Å². The number of carbonyl (C=O) groups is 1. The van der Waals surface area contributed by atoms with Gasteiger partial charge >= 0.3 is 0 Å². The molecular formula is C21H20O. The number of ketones is 1. The highest BCUT2D eigenvalue weighted by atomic mass is 16.1. The molecule has 110 valence electrons. The minimum Gasteiger partial charge on any atom is -0.290 e. The Balaban J connectivity index is 2.74. The second-order valence-corrected chi connectivity index (χ2v) is 4.20. The van der Waals surface area contributed by atoms with Crippen LogP contribution in [0.4, 0.5) is 0 Å². The summed E-state index contributed by atoms with van der Waals surface area (Å²) >= 11 is 0. The number of allylic oxidation sites excluding steroid dienone is 20. The molecule has 1 heteroatoms. The number of carbonyl (C=O) groups excluding carboxylic acids is 1. The second kappa shape index (κ2) is 13.1. The Kier molecular flexibility index (Phi) is 10.2. The summed E-state index contributed by atoms with van der Waals surface area (Å²) in [5.41, 5.74) is 0. The molecule has 0 aromatic rings. The molecule has 0 aliphatic heterocycles. The van der Waals surface area contributed by atoms with Gasteiger partial charge in [0.15, 0.2) is 5.78 Å². The molecule has 0 saturated carbocycles. The largest absolute Gasteiger partial charge is 0.290 e. The van der Waals surface area contributed by atoms with Crippen molar-refractivity contribution >= 4 is 5.78 Å². The fraction of sp³-hybridized carbons (Fsp3) is 0. The molecule has 0 unspecified atom stereocenters. The first-order valence-electron chi connectivity index (χ1n) is 7.11. The summed E-state index contributed by atoms with van der Waals surface area (Å²) in [4.78, 5) is 11.5. The lowest BCUT2D eigenvalue weighted by molar-refractivity contribution is -0.110. The molecule has 0 aromatic carbocycles. The van der Waals surface area contributed by atoms with Gasteiger partial charge in [-0.1, -0.05) is 109 Å². The quantitative estimate of drug-likeness (QED) is 0.604. The van der Waals surface area contributed by atoms with Gasteiger partial charge in [-0.05, 0) is 12.2 Å². The zero-order chi connectivity index (χ0) is 15.7. The smallest absolute Gasteiger partial charge is 0.178 e. The van der Waals surface area contributed by atoms with Crippen molar-refractivity contribution in [2.24, 2.45) is 0 Å². The molecular weight excluding hydrogens is 268 g/mol. The minimum atomic E-state index is -0.0387. The standard InChI is InChI=1S/C21H20O/c22-21-19-17-15-13-11-9-7-5-3-1-2-4-6-8-10-12-14-16-18-20-21/h1-20H/b3-1-,4-2-,7-5-,8-6+,11-9-,12-10-,15-13-,16-14-,19-17-,20-18-. The Labute approximate surface area is 132 Å². The molecule has 0 amide bonds. The first kappa shape index (κ1) is 17.1. The average Bonchev–Trinajstić information content (AvgIpc) is 2.52. The van der Waals surface area contributed by atoms with Crippen LogP contribution in [-0.2, 0) is 4.79 Å². The van der Waals surface area contributed by atoms with E-state index in [2.05, 4.69) is 0 Å². The maximum Gasteiger partial charge on any atom is 0.178 e. The normalized spacial score (nSPS) is 30.8. The monoisotopic (exact) mass is 288 g/mol. The fourth-order valence-corrected chi connectivity index (χ4v) is 1.38. The van der Waals surface area contributed by atoms with Crippen LogP contribution in [0.3, 0.4) is 0 Å². The minimum absolute atomic E-state index is 0.0387. The first-order valence-corrected chi connectivity index (χ1v) is 7.11. The average molecular weight is 288 g/mol. The van der Waals surface area contributed by atoms with Crippen molar-refractivity contribution in [2.75, 3.05) is 0 Å². The van der Waals surface area contributed by atoms with Crippen molar-refractivity contribution in [1.29, 1.82) is 0 Å². The highest BCUT2D eigenvalue weighted by Gasteiger charge is 1.83. The van der Waals surface area contributed by atoms with Crippen LogP contribution in [0.15, 0.2) is 122 Å². The highest BCUT2D eigenvalue weighted by molar-refractivity contribution is 5.99. The van der Waals surface area contributed by atoms with E-state index < -0.39 is 0 Å². The lowest BCUT2D eigenvalue weighted by Gasteiger charge is -1.79. The Morgan fingerprint density at radius 3 is 0.727 bits per heavy atom. The van der Waals surface area contributed by atoms with Crippen LogP contribution < -0.4 is 0 Å². The molecule has 1 nitrogen and oxygen atoms in total. The van der Waals surface area contributed by atoms with Gasteiger partial charge in [0.1, 0.15) is 0 Å². The summed E-state index contributed by atoms with van der Waals surface area (Å²) in [5.74, 6) is -0.0387. The van der Waals surface area contributed by atoms with Gasteiger partial charge in [0.2, 0.25) is 0 Å². The van der Waals surface area contributed by atoms with Gasteiger partial charge in [0.25, 0.3) is 0 Å². The zero-order valence-electron chi connectivity index (χ0n) is 12.5. The molecule has 22 heavy (non-hydrogen) atoms. The van der Waals surface area contributed by atoms with Crippen molar-refractivity contribution in [1.82, 2.24) is 0 Å². The summed E-state index contributed by atoms with van der Waals surface area (Å²) < 4.78 is 0.